The molecule has 1 aliphatic rings. The summed E-state index contributed by atoms with van der Waals surface area (Å²) in [6.45, 7) is 0. The van der Waals surface area contributed by atoms with Crippen LogP contribution < -0.4 is 4.74 Å². The summed E-state index contributed by atoms with van der Waals surface area (Å²) in [6.07, 6.45) is 2.90. The molecule has 3 N–H and O–H groups in total. The highest BCUT2D eigenvalue weighted by Crippen LogP contribution is 2.43. The molecule has 0 unspecified atom stereocenters. The second-order valence-electron chi connectivity index (χ2n) is 6.91. The maximum Gasteiger partial charge on any atom is 0.201 e. The minimum Gasteiger partial charge on any atom is -0.507 e. The van der Waals surface area contributed by atoms with Gasteiger partial charge in [0, 0.05) is 0 Å². The maximum atomic E-state index is 13.2. The van der Waals surface area contributed by atoms with Crippen molar-refractivity contribution in [3.8, 4) is 23.0 Å². The molecular formula is C24H18O6. The van der Waals surface area contributed by atoms with Gasteiger partial charge in [0.25, 0.3) is 0 Å². The molecule has 0 saturated heterocycles. The SMILES string of the molecule is COc1ccc(/C=C/C(=O)C2c3cccc(O)c3C(=O)c3c(O)cccc32)cc1O. The summed E-state index contributed by atoms with van der Waals surface area (Å²) in [6, 6.07) is 13.9. The lowest BCUT2D eigenvalue weighted by Crippen LogP contribution is -2.24. The summed E-state index contributed by atoms with van der Waals surface area (Å²) in [5.74, 6) is -1.95. The number of hydrogen-bond donors (Lipinski definition) is 3. The summed E-state index contributed by atoms with van der Waals surface area (Å²) in [4.78, 5) is 26.1. The van der Waals surface area contributed by atoms with Gasteiger partial charge in [-0.2, -0.15) is 0 Å². The van der Waals surface area contributed by atoms with Crippen molar-refractivity contribution < 1.29 is 29.6 Å². The summed E-state index contributed by atoms with van der Waals surface area (Å²) < 4.78 is 5.01. The molecule has 0 spiro atoms. The molecule has 30 heavy (non-hydrogen) atoms. The first kappa shape index (κ1) is 19.3. The topological polar surface area (TPSA) is 104 Å². The lowest BCUT2D eigenvalue weighted by molar-refractivity contribution is -0.115. The van der Waals surface area contributed by atoms with Gasteiger partial charge >= 0.3 is 0 Å². The minimum absolute atomic E-state index is 0.0142. The predicted octanol–water partition coefficient (Wildman–Crippen LogP) is 3.77. The molecule has 0 radical (unpaired) electrons. The standard InChI is InChI=1S/C24H18O6/c1-30-20-11-9-13(12-19(20)28)8-10-18(27)21-14-4-2-6-16(25)22(14)24(29)23-15(21)5-3-7-17(23)26/h2-12,21,25-26,28H,1H3/b10-8+. The number of benzene rings is 3. The Morgan fingerprint density at radius 2 is 1.50 bits per heavy atom. The van der Waals surface area contributed by atoms with E-state index in [-0.39, 0.29) is 34.2 Å². The molecule has 0 amide bonds. The van der Waals surface area contributed by atoms with E-state index in [1.807, 2.05) is 0 Å². The zero-order valence-corrected chi connectivity index (χ0v) is 16.0. The molecule has 0 aromatic heterocycles. The van der Waals surface area contributed by atoms with Gasteiger partial charge in [0.1, 0.15) is 11.5 Å². The van der Waals surface area contributed by atoms with Crippen molar-refractivity contribution >= 4 is 17.6 Å². The first-order chi connectivity index (χ1) is 14.4. The molecule has 0 fully saturated rings. The fourth-order valence-corrected chi connectivity index (χ4v) is 3.78. The van der Waals surface area contributed by atoms with Crippen molar-refractivity contribution in [1.82, 2.24) is 0 Å². The van der Waals surface area contributed by atoms with Gasteiger partial charge in [-0.1, -0.05) is 36.4 Å². The van der Waals surface area contributed by atoms with Crippen LogP contribution in [-0.2, 0) is 4.79 Å². The number of aromatic hydroxyl groups is 3. The Hall–Kier alpha value is -4.06. The second kappa shape index (κ2) is 7.40. The van der Waals surface area contributed by atoms with E-state index in [9.17, 15) is 24.9 Å². The van der Waals surface area contributed by atoms with Crippen LogP contribution in [-0.4, -0.2) is 34.0 Å². The average Bonchev–Trinajstić information content (AvgIpc) is 2.72. The molecule has 3 aromatic carbocycles. The lowest BCUT2D eigenvalue weighted by atomic mass is 9.74. The van der Waals surface area contributed by atoms with Crippen LogP contribution in [0.4, 0.5) is 0 Å². The van der Waals surface area contributed by atoms with Crippen LogP contribution in [0.25, 0.3) is 6.08 Å². The molecule has 150 valence electrons. The van der Waals surface area contributed by atoms with E-state index < -0.39 is 11.7 Å². The van der Waals surface area contributed by atoms with Gasteiger partial charge in [0.15, 0.2) is 17.3 Å². The predicted molar refractivity (Wildman–Crippen MR) is 110 cm³/mol. The first-order valence-electron chi connectivity index (χ1n) is 9.19. The number of phenols is 3. The van der Waals surface area contributed by atoms with Crippen LogP contribution in [0.2, 0.25) is 0 Å². The van der Waals surface area contributed by atoms with Gasteiger partial charge in [0.05, 0.1) is 24.2 Å². The Morgan fingerprint density at radius 3 is 2.03 bits per heavy atom. The normalized spacial score (nSPS) is 13.2. The third-order valence-electron chi connectivity index (χ3n) is 5.15. The summed E-state index contributed by atoms with van der Waals surface area (Å²) in [7, 11) is 1.44. The molecule has 0 bridgehead atoms. The number of phenolic OH excluding ortho intramolecular Hbond substituents is 3. The van der Waals surface area contributed by atoms with E-state index in [4.69, 9.17) is 4.74 Å². The molecule has 0 saturated carbocycles. The van der Waals surface area contributed by atoms with Crippen molar-refractivity contribution in [2.45, 2.75) is 5.92 Å². The van der Waals surface area contributed by atoms with E-state index in [1.165, 1.54) is 31.4 Å². The molecule has 6 heteroatoms. The van der Waals surface area contributed by atoms with E-state index >= 15 is 0 Å². The third kappa shape index (κ3) is 3.08. The first-order valence-corrected chi connectivity index (χ1v) is 9.19. The van der Waals surface area contributed by atoms with Gasteiger partial charge in [-0.05, 0) is 47.0 Å². The fourth-order valence-electron chi connectivity index (χ4n) is 3.78. The zero-order valence-electron chi connectivity index (χ0n) is 16.0. The molecule has 0 heterocycles. The van der Waals surface area contributed by atoms with Gasteiger partial charge in [-0.15, -0.1) is 0 Å². The molecule has 0 aliphatic heterocycles. The molecule has 0 atom stereocenters. The van der Waals surface area contributed by atoms with Crippen LogP contribution in [0, 0.1) is 0 Å². The summed E-state index contributed by atoms with van der Waals surface area (Å²) in [5, 5.41) is 30.4. The molecule has 6 nitrogen and oxygen atoms in total. The van der Waals surface area contributed by atoms with Crippen LogP contribution in [0.15, 0.2) is 60.7 Å². The van der Waals surface area contributed by atoms with Gasteiger partial charge in [-0.3, -0.25) is 9.59 Å². The third-order valence-corrected chi connectivity index (χ3v) is 5.15. The highest BCUT2D eigenvalue weighted by Gasteiger charge is 2.37. The van der Waals surface area contributed by atoms with Crippen molar-refractivity contribution in [2.24, 2.45) is 0 Å². The highest BCUT2D eigenvalue weighted by atomic mass is 16.5. The zero-order chi connectivity index (χ0) is 21.4. The smallest absolute Gasteiger partial charge is 0.201 e. The second-order valence-corrected chi connectivity index (χ2v) is 6.91. The Balaban J connectivity index is 1.79. The number of fused-ring (bicyclic) bond motifs is 2. The number of ketones is 2. The average molecular weight is 402 g/mol. The van der Waals surface area contributed by atoms with E-state index in [0.29, 0.717) is 22.4 Å². The Morgan fingerprint density at radius 1 is 0.900 bits per heavy atom. The molecular weight excluding hydrogens is 384 g/mol. The molecule has 4 rings (SSSR count). The number of methoxy groups -OCH3 is 1. The number of carbonyl (C=O) groups is 2. The Bertz CT molecular complexity index is 1150. The van der Waals surface area contributed by atoms with Crippen LogP contribution in [0.5, 0.6) is 23.0 Å². The van der Waals surface area contributed by atoms with Gasteiger partial charge in [-0.25, -0.2) is 0 Å². The Kier molecular flexibility index (Phi) is 4.75. The summed E-state index contributed by atoms with van der Waals surface area (Å²) >= 11 is 0. The van der Waals surface area contributed by atoms with E-state index in [2.05, 4.69) is 0 Å². The fraction of sp³-hybridized carbons (Fsp3) is 0.0833. The monoisotopic (exact) mass is 402 g/mol. The summed E-state index contributed by atoms with van der Waals surface area (Å²) in [5.41, 5.74) is 1.37. The molecule has 1 aliphatic carbocycles. The minimum atomic E-state index is -0.866. The number of allylic oxidation sites excluding steroid dienone is 1. The van der Waals surface area contributed by atoms with Crippen molar-refractivity contribution in [3.05, 3.63) is 88.5 Å². The maximum absolute atomic E-state index is 13.2. The number of rotatable bonds is 4. The number of hydrogen-bond acceptors (Lipinski definition) is 6. The van der Waals surface area contributed by atoms with Gasteiger partial charge < -0.3 is 20.1 Å². The van der Waals surface area contributed by atoms with Crippen molar-refractivity contribution in [3.63, 3.8) is 0 Å². The van der Waals surface area contributed by atoms with Crippen LogP contribution in [0.1, 0.15) is 38.5 Å². The van der Waals surface area contributed by atoms with Gasteiger partial charge in [0.2, 0.25) is 5.78 Å². The molecule has 3 aromatic rings. The quantitative estimate of drug-likeness (QED) is 0.574. The van der Waals surface area contributed by atoms with E-state index in [0.717, 1.165) is 0 Å². The van der Waals surface area contributed by atoms with Crippen molar-refractivity contribution in [2.75, 3.05) is 7.11 Å². The lowest BCUT2D eigenvalue weighted by Gasteiger charge is -2.26. The number of carbonyl (C=O) groups excluding carboxylic acids is 2. The highest BCUT2D eigenvalue weighted by molar-refractivity contribution is 6.19. The van der Waals surface area contributed by atoms with Crippen molar-refractivity contribution in [1.29, 1.82) is 0 Å². The van der Waals surface area contributed by atoms with Crippen LogP contribution >= 0.6 is 0 Å². The van der Waals surface area contributed by atoms with Crippen LogP contribution in [0.3, 0.4) is 0 Å². The number of ether oxygens (including phenoxy) is 1. The van der Waals surface area contributed by atoms with E-state index in [1.54, 1.807) is 42.5 Å². The largest absolute Gasteiger partial charge is 0.507 e. The Labute approximate surface area is 172 Å².